The Bertz CT molecular complexity index is 934. The lowest BCUT2D eigenvalue weighted by molar-refractivity contribution is -0.153. The molecule has 35 heavy (non-hydrogen) atoms. The van der Waals surface area contributed by atoms with Crippen molar-refractivity contribution in [1.82, 2.24) is 4.90 Å². The van der Waals surface area contributed by atoms with Gasteiger partial charge in [-0.25, -0.2) is 4.79 Å². The third kappa shape index (κ3) is 6.04. The number of benzene rings is 1. The molecule has 0 aromatic heterocycles. The molecular formula is C26H37F3N2O4. The van der Waals surface area contributed by atoms with Crippen LogP contribution in [0.15, 0.2) is 18.2 Å². The molecule has 2 saturated heterocycles. The van der Waals surface area contributed by atoms with Crippen LogP contribution in [-0.4, -0.2) is 55.9 Å². The maximum Gasteiger partial charge on any atom is 0.416 e. The number of alkyl halides is 3. The van der Waals surface area contributed by atoms with Gasteiger partial charge in [0, 0.05) is 37.8 Å². The van der Waals surface area contributed by atoms with E-state index in [4.69, 9.17) is 9.47 Å². The summed E-state index contributed by atoms with van der Waals surface area (Å²) in [5, 5.41) is 0. The second-order valence-corrected chi connectivity index (χ2v) is 11.0. The first-order valence-electron chi connectivity index (χ1n) is 12.2. The third-order valence-corrected chi connectivity index (χ3v) is 7.26. The fourth-order valence-corrected chi connectivity index (χ4v) is 5.11. The highest BCUT2D eigenvalue weighted by Gasteiger charge is 2.42. The van der Waals surface area contributed by atoms with Gasteiger partial charge < -0.3 is 19.3 Å². The monoisotopic (exact) mass is 498 g/mol. The average molecular weight is 499 g/mol. The molecule has 2 aliphatic heterocycles. The van der Waals surface area contributed by atoms with Crippen LogP contribution in [0.4, 0.5) is 23.7 Å². The molecule has 0 saturated carbocycles. The highest BCUT2D eigenvalue weighted by molar-refractivity contribution is 5.77. The lowest BCUT2D eigenvalue weighted by atomic mass is 9.79. The largest absolute Gasteiger partial charge is 0.469 e. The van der Waals surface area contributed by atoms with Gasteiger partial charge in [-0.3, -0.25) is 4.79 Å². The minimum atomic E-state index is -4.47. The maximum atomic E-state index is 13.6. The van der Waals surface area contributed by atoms with Crippen molar-refractivity contribution in [1.29, 1.82) is 0 Å². The standard InChI is InChI=1S/C26H37F3N2O4/c1-7-17-15-31(23(33)35-24(2,3)4)16-20(17)19-9-8-18(26(27,28)29)14-21(19)30-12-10-25(5,11-13-30)22(32)34-6/h8-9,14,17,20H,7,10-13,15-16H2,1-6H3/t17-,20-/m0/s1. The van der Waals surface area contributed by atoms with Crippen LogP contribution in [0.2, 0.25) is 0 Å². The predicted molar refractivity (Wildman–Crippen MR) is 127 cm³/mol. The molecule has 0 radical (unpaired) electrons. The van der Waals surface area contributed by atoms with Crippen LogP contribution in [0.5, 0.6) is 0 Å². The second-order valence-electron chi connectivity index (χ2n) is 11.0. The number of rotatable bonds is 4. The van der Waals surface area contributed by atoms with Gasteiger partial charge in [-0.15, -0.1) is 0 Å². The number of carbonyl (C=O) groups excluding carboxylic acids is 2. The average Bonchev–Trinajstić information content (AvgIpc) is 3.21. The normalized spacial score (nSPS) is 22.8. The number of piperidine rings is 1. The molecule has 3 rings (SSSR count). The Hall–Kier alpha value is -2.45. The molecule has 0 N–H and O–H groups in total. The number of anilines is 1. The van der Waals surface area contributed by atoms with E-state index in [9.17, 15) is 22.8 Å². The highest BCUT2D eigenvalue weighted by Crippen LogP contribution is 2.44. The van der Waals surface area contributed by atoms with Crippen molar-refractivity contribution in [2.24, 2.45) is 11.3 Å². The maximum absolute atomic E-state index is 13.6. The smallest absolute Gasteiger partial charge is 0.416 e. The fourth-order valence-electron chi connectivity index (χ4n) is 5.11. The van der Waals surface area contributed by atoms with Crippen molar-refractivity contribution in [2.75, 3.05) is 38.2 Å². The lowest BCUT2D eigenvalue weighted by Crippen LogP contribution is -2.43. The molecule has 0 bridgehead atoms. The van der Waals surface area contributed by atoms with Gasteiger partial charge in [0.2, 0.25) is 0 Å². The fraction of sp³-hybridized carbons (Fsp3) is 0.692. The summed E-state index contributed by atoms with van der Waals surface area (Å²) in [5.74, 6) is -0.307. The van der Waals surface area contributed by atoms with E-state index in [1.807, 2.05) is 39.5 Å². The second kappa shape index (κ2) is 9.90. The van der Waals surface area contributed by atoms with Crippen molar-refractivity contribution >= 4 is 17.7 Å². The lowest BCUT2D eigenvalue weighted by Gasteiger charge is -2.40. The Morgan fingerprint density at radius 2 is 1.74 bits per heavy atom. The van der Waals surface area contributed by atoms with E-state index >= 15 is 0 Å². The molecule has 1 aromatic carbocycles. The van der Waals surface area contributed by atoms with Gasteiger partial charge in [0.05, 0.1) is 18.1 Å². The molecule has 1 amide bonds. The Morgan fingerprint density at radius 1 is 1.11 bits per heavy atom. The van der Waals surface area contributed by atoms with Gasteiger partial charge in [-0.05, 0) is 64.2 Å². The summed E-state index contributed by atoms with van der Waals surface area (Å²) in [6.45, 7) is 11.1. The summed E-state index contributed by atoms with van der Waals surface area (Å²) in [7, 11) is 1.35. The van der Waals surface area contributed by atoms with Crippen LogP contribution in [0.3, 0.4) is 0 Å². The van der Waals surface area contributed by atoms with Crippen LogP contribution in [0.1, 0.15) is 70.9 Å². The van der Waals surface area contributed by atoms with Crippen molar-refractivity contribution in [3.63, 3.8) is 0 Å². The van der Waals surface area contributed by atoms with E-state index in [-0.39, 0.29) is 17.8 Å². The number of halogens is 3. The van der Waals surface area contributed by atoms with Crippen molar-refractivity contribution in [2.45, 2.75) is 71.6 Å². The summed E-state index contributed by atoms with van der Waals surface area (Å²) < 4.78 is 51.4. The number of ether oxygens (including phenoxy) is 2. The molecule has 1 aromatic rings. The summed E-state index contributed by atoms with van der Waals surface area (Å²) in [5.41, 5.74) is -0.650. The molecule has 9 heteroatoms. The molecule has 2 aliphatic rings. The van der Waals surface area contributed by atoms with Gasteiger partial charge in [-0.2, -0.15) is 13.2 Å². The van der Waals surface area contributed by atoms with Crippen molar-refractivity contribution in [3.05, 3.63) is 29.3 Å². The molecule has 6 nitrogen and oxygen atoms in total. The summed E-state index contributed by atoms with van der Waals surface area (Å²) >= 11 is 0. The SMILES string of the molecule is CC[C@H]1CN(C(=O)OC(C)(C)C)C[C@@H]1c1ccc(C(F)(F)F)cc1N1CCC(C)(C(=O)OC)CC1. The van der Waals surface area contributed by atoms with Crippen LogP contribution in [0, 0.1) is 11.3 Å². The number of methoxy groups -OCH3 is 1. The van der Waals surface area contributed by atoms with Gasteiger partial charge in [-0.1, -0.05) is 19.4 Å². The molecule has 2 fully saturated rings. The van der Waals surface area contributed by atoms with E-state index in [2.05, 4.69) is 0 Å². The van der Waals surface area contributed by atoms with Gasteiger partial charge in [0.25, 0.3) is 0 Å². The quantitative estimate of drug-likeness (QED) is 0.488. The number of hydrogen-bond acceptors (Lipinski definition) is 5. The molecule has 0 aliphatic carbocycles. The van der Waals surface area contributed by atoms with E-state index in [1.54, 1.807) is 11.0 Å². The van der Waals surface area contributed by atoms with Crippen LogP contribution in [0.25, 0.3) is 0 Å². The molecule has 0 unspecified atom stereocenters. The number of likely N-dealkylation sites (tertiary alicyclic amines) is 1. The van der Waals surface area contributed by atoms with E-state index in [1.165, 1.54) is 13.2 Å². The van der Waals surface area contributed by atoms with Crippen molar-refractivity contribution in [3.8, 4) is 0 Å². The Morgan fingerprint density at radius 3 is 2.26 bits per heavy atom. The van der Waals surface area contributed by atoms with Crippen LogP contribution in [-0.2, 0) is 20.4 Å². The topological polar surface area (TPSA) is 59.1 Å². The Kier molecular flexibility index (Phi) is 7.67. The van der Waals surface area contributed by atoms with E-state index in [0.717, 1.165) is 18.1 Å². The van der Waals surface area contributed by atoms with Gasteiger partial charge >= 0.3 is 18.2 Å². The summed E-state index contributed by atoms with van der Waals surface area (Å²) in [6.07, 6.45) is -3.11. The minimum absolute atomic E-state index is 0.100. The van der Waals surface area contributed by atoms with Crippen molar-refractivity contribution < 1.29 is 32.2 Å². The Balaban J connectivity index is 1.93. The van der Waals surface area contributed by atoms with Gasteiger partial charge in [0.1, 0.15) is 5.60 Å². The third-order valence-electron chi connectivity index (χ3n) is 7.26. The first-order chi connectivity index (χ1) is 16.2. The zero-order chi connectivity index (χ0) is 26.2. The molecule has 0 spiro atoms. The summed E-state index contributed by atoms with van der Waals surface area (Å²) in [6, 6.07) is 3.92. The van der Waals surface area contributed by atoms with E-state index < -0.39 is 28.8 Å². The summed E-state index contributed by atoms with van der Waals surface area (Å²) in [4.78, 5) is 28.6. The Labute approximate surface area is 205 Å². The van der Waals surface area contributed by atoms with E-state index in [0.29, 0.717) is 44.7 Å². The highest BCUT2D eigenvalue weighted by atomic mass is 19.4. The first kappa shape index (κ1) is 27.1. The zero-order valence-electron chi connectivity index (χ0n) is 21.5. The number of amides is 1. The van der Waals surface area contributed by atoms with Gasteiger partial charge in [0.15, 0.2) is 0 Å². The molecular weight excluding hydrogens is 461 g/mol. The minimum Gasteiger partial charge on any atom is -0.469 e. The molecule has 2 heterocycles. The number of nitrogens with zero attached hydrogens (tertiary/aromatic N) is 2. The number of carbonyl (C=O) groups is 2. The molecule has 196 valence electrons. The zero-order valence-corrected chi connectivity index (χ0v) is 21.5. The number of esters is 1. The first-order valence-corrected chi connectivity index (χ1v) is 12.2. The molecule has 2 atom stereocenters. The van der Waals surface area contributed by atoms with Crippen LogP contribution < -0.4 is 4.90 Å². The number of hydrogen-bond donors (Lipinski definition) is 0. The predicted octanol–water partition coefficient (Wildman–Crippen LogP) is 5.85. The van der Waals surface area contributed by atoms with Crippen LogP contribution >= 0.6 is 0 Å².